The first-order chi connectivity index (χ1) is 15.8. The number of ketones is 1. The fourth-order valence-electron chi connectivity index (χ4n) is 4.03. The number of aliphatic hydroxyl groups excluding tert-OH is 1. The van der Waals surface area contributed by atoms with E-state index >= 15 is 0 Å². The van der Waals surface area contributed by atoms with Gasteiger partial charge in [0.25, 0.3) is 11.7 Å². The van der Waals surface area contributed by atoms with E-state index < -0.39 is 17.7 Å². The quantitative estimate of drug-likeness (QED) is 0.305. The van der Waals surface area contributed by atoms with Gasteiger partial charge in [-0.3, -0.25) is 14.5 Å². The number of nitrogens with zero attached hydrogens (tertiary/aromatic N) is 1. The molecule has 0 spiro atoms. The number of anilines is 1. The fraction of sp³-hybridized carbons (Fsp3) is 0.154. The predicted octanol–water partition coefficient (Wildman–Crippen LogP) is 4.43. The van der Waals surface area contributed by atoms with Crippen LogP contribution in [0.4, 0.5) is 5.69 Å². The molecule has 0 saturated carbocycles. The molecule has 33 heavy (non-hydrogen) atoms. The maximum Gasteiger partial charge on any atom is 0.300 e. The van der Waals surface area contributed by atoms with Crippen LogP contribution in [0.2, 0.25) is 0 Å². The van der Waals surface area contributed by atoms with Gasteiger partial charge in [-0.1, -0.05) is 24.3 Å². The summed E-state index contributed by atoms with van der Waals surface area (Å²) in [6.45, 7) is 4.16. The third-order valence-electron chi connectivity index (χ3n) is 5.52. The number of aryl methyl sites for hydroxylation is 1. The third-order valence-corrected chi connectivity index (χ3v) is 5.52. The van der Waals surface area contributed by atoms with Gasteiger partial charge in [-0.2, -0.15) is 0 Å². The standard InChI is InChI=1S/C26H23NO6/c1-3-33-21-12-11-17(13-15(21)2)24(30)22-23(16-7-6-8-18(28)14-16)27(26(32)25(22)31)19-9-4-5-10-20(19)29/h4-14,23,28-30H,3H2,1-2H3/b24-22-. The van der Waals surface area contributed by atoms with E-state index in [9.17, 15) is 24.9 Å². The second-order valence-corrected chi connectivity index (χ2v) is 7.67. The van der Waals surface area contributed by atoms with E-state index in [4.69, 9.17) is 4.74 Å². The summed E-state index contributed by atoms with van der Waals surface area (Å²) in [6.07, 6.45) is 0. The minimum atomic E-state index is -1.06. The van der Waals surface area contributed by atoms with Gasteiger partial charge >= 0.3 is 0 Å². The Bertz CT molecular complexity index is 1280. The number of hydrogen-bond donors (Lipinski definition) is 3. The van der Waals surface area contributed by atoms with Crippen molar-refractivity contribution in [3.8, 4) is 17.2 Å². The topological polar surface area (TPSA) is 107 Å². The highest BCUT2D eigenvalue weighted by atomic mass is 16.5. The summed E-state index contributed by atoms with van der Waals surface area (Å²) in [4.78, 5) is 27.4. The number of carbonyl (C=O) groups excluding carboxylic acids is 2. The van der Waals surface area contributed by atoms with Gasteiger partial charge in [0.1, 0.15) is 23.0 Å². The highest BCUT2D eigenvalue weighted by molar-refractivity contribution is 6.51. The molecule has 0 aromatic heterocycles. The molecule has 168 valence electrons. The zero-order valence-electron chi connectivity index (χ0n) is 18.1. The first-order valence-electron chi connectivity index (χ1n) is 10.4. The Morgan fingerprint density at radius 1 is 1.00 bits per heavy atom. The van der Waals surface area contributed by atoms with Crippen LogP contribution in [0.15, 0.2) is 72.3 Å². The van der Waals surface area contributed by atoms with Crippen molar-refractivity contribution >= 4 is 23.1 Å². The molecule has 1 unspecified atom stereocenters. The number of rotatable bonds is 5. The molecule has 7 heteroatoms. The molecule has 7 nitrogen and oxygen atoms in total. The molecule has 1 aliphatic rings. The first kappa shape index (κ1) is 22.0. The highest BCUT2D eigenvalue weighted by Gasteiger charge is 2.47. The smallest absolute Gasteiger partial charge is 0.300 e. The summed E-state index contributed by atoms with van der Waals surface area (Å²) in [6, 6.07) is 16.2. The number of carbonyl (C=O) groups is 2. The summed E-state index contributed by atoms with van der Waals surface area (Å²) in [5, 5.41) is 31.7. The number of para-hydroxylation sites is 2. The lowest BCUT2D eigenvalue weighted by atomic mass is 9.94. The lowest BCUT2D eigenvalue weighted by Gasteiger charge is -2.26. The molecule has 1 heterocycles. The number of phenols is 2. The number of amides is 1. The van der Waals surface area contributed by atoms with Crippen LogP contribution in [-0.2, 0) is 9.59 Å². The Kier molecular flexibility index (Phi) is 5.79. The molecule has 1 atom stereocenters. The Balaban J connectivity index is 1.94. The van der Waals surface area contributed by atoms with Crippen LogP contribution in [0, 0.1) is 6.92 Å². The van der Waals surface area contributed by atoms with Gasteiger partial charge in [-0.15, -0.1) is 0 Å². The van der Waals surface area contributed by atoms with Gasteiger partial charge in [0, 0.05) is 5.56 Å². The largest absolute Gasteiger partial charge is 0.508 e. The van der Waals surface area contributed by atoms with E-state index in [-0.39, 0.29) is 28.5 Å². The lowest BCUT2D eigenvalue weighted by molar-refractivity contribution is -0.132. The minimum absolute atomic E-state index is 0.0627. The van der Waals surface area contributed by atoms with E-state index in [1.165, 1.54) is 24.3 Å². The van der Waals surface area contributed by atoms with Crippen molar-refractivity contribution in [2.45, 2.75) is 19.9 Å². The van der Waals surface area contributed by atoms with Crippen molar-refractivity contribution in [2.75, 3.05) is 11.5 Å². The summed E-state index contributed by atoms with van der Waals surface area (Å²) in [5.41, 5.74) is 1.48. The number of Topliss-reactive ketones (excluding diaryl/α,β-unsaturated/α-hetero) is 1. The predicted molar refractivity (Wildman–Crippen MR) is 123 cm³/mol. The molecule has 1 aliphatic heterocycles. The zero-order chi connectivity index (χ0) is 23.7. The van der Waals surface area contributed by atoms with Crippen molar-refractivity contribution in [3.05, 3.63) is 89.0 Å². The highest BCUT2D eigenvalue weighted by Crippen LogP contribution is 2.45. The SMILES string of the molecule is CCOc1ccc(/C(O)=C2/C(=O)C(=O)N(c3ccccc3O)C2c2cccc(O)c2)cc1C. The van der Waals surface area contributed by atoms with Crippen molar-refractivity contribution < 1.29 is 29.6 Å². The van der Waals surface area contributed by atoms with E-state index in [1.54, 1.807) is 42.5 Å². The van der Waals surface area contributed by atoms with E-state index in [0.717, 1.165) is 10.5 Å². The van der Waals surface area contributed by atoms with Gasteiger partial charge in [-0.05, 0) is 67.4 Å². The van der Waals surface area contributed by atoms with E-state index in [0.29, 0.717) is 23.5 Å². The van der Waals surface area contributed by atoms with Crippen LogP contribution in [0.3, 0.4) is 0 Å². The van der Waals surface area contributed by atoms with Crippen LogP contribution in [0.25, 0.3) is 5.76 Å². The molecular weight excluding hydrogens is 422 g/mol. The Hall–Kier alpha value is -4.26. The Morgan fingerprint density at radius 3 is 2.42 bits per heavy atom. The molecule has 0 radical (unpaired) electrons. The van der Waals surface area contributed by atoms with Crippen LogP contribution >= 0.6 is 0 Å². The maximum atomic E-state index is 13.2. The van der Waals surface area contributed by atoms with Crippen molar-refractivity contribution in [2.24, 2.45) is 0 Å². The van der Waals surface area contributed by atoms with Crippen LogP contribution < -0.4 is 9.64 Å². The number of aromatic hydroxyl groups is 2. The number of aliphatic hydroxyl groups is 1. The zero-order valence-corrected chi connectivity index (χ0v) is 18.1. The summed E-state index contributed by atoms with van der Waals surface area (Å²) < 4.78 is 5.54. The van der Waals surface area contributed by atoms with Gasteiger partial charge in [0.2, 0.25) is 0 Å². The molecule has 4 rings (SSSR count). The van der Waals surface area contributed by atoms with Gasteiger partial charge in [-0.25, -0.2) is 0 Å². The summed E-state index contributed by atoms with van der Waals surface area (Å²) in [7, 11) is 0. The van der Waals surface area contributed by atoms with Crippen LogP contribution in [0.5, 0.6) is 17.2 Å². The molecule has 3 aromatic carbocycles. The van der Waals surface area contributed by atoms with Crippen molar-refractivity contribution in [1.29, 1.82) is 0 Å². The van der Waals surface area contributed by atoms with E-state index in [1.807, 2.05) is 13.8 Å². The van der Waals surface area contributed by atoms with Gasteiger partial charge in [0.15, 0.2) is 0 Å². The monoisotopic (exact) mass is 445 g/mol. The molecule has 1 fully saturated rings. The van der Waals surface area contributed by atoms with Crippen molar-refractivity contribution in [3.63, 3.8) is 0 Å². The second kappa shape index (κ2) is 8.70. The number of hydrogen-bond acceptors (Lipinski definition) is 6. The van der Waals surface area contributed by atoms with Crippen LogP contribution in [-0.4, -0.2) is 33.6 Å². The number of ether oxygens (including phenoxy) is 1. The average molecular weight is 445 g/mol. The molecule has 0 aliphatic carbocycles. The van der Waals surface area contributed by atoms with Crippen molar-refractivity contribution in [1.82, 2.24) is 0 Å². The molecule has 1 amide bonds. The summed E-state index contributed by atoms with van der Waals surface area (Å²) >= 11 is 0. The third kappa shape index (κ3) is 3.89. The maximum absolute atomic E-state index is 13.2. The first-order valence-corrected chi connectivity index (χ1v) is 10.4. The Morgan fingerprint density at radius 2 is 1.76 bits per heavy atom. The number of phenolic OH excluding ortho intramolecular Hbond substituents is 2. The fourth-order valence-corrected chi connectivity index (χ4v) is 4.03. The van der Waals surface area contributed by atoms with Gasteiger partial charge in [0.05, 0.1) is 23.9 Å². The second-order valence-electron chi connectivity index (χ2n) is 7.67. The molecular formula is C26H23NO6. The summed E-state index contributed by atoms with van der Waals surface area (Å²) in [5.74, 6) is -1.75. The normalized spacial score (nSPS) is 17.4. The minimum Gasteiger partial charge on any atom is -0.508 e. The van der Waals surface area contributed by atoms with E-state index in [2.05, 4.69) is 0 Å². The molecule has 3 N–H and O–H groups in total. The molecule has 1 saturated heterocycles. The molecule has 3 aromatic rings. The Labute approximate surface area is 190 Å². The number of benzene rings is 3. The average Bonchev–Trinajstić information content (AvgIpc) is 3.06. The molecule has 0 bridgehead atoms. The van der Waals surface area contributed by atoms with Gasteiger partial charge < -0.3 is 20.1 Å². The lowest BCUT2D eigenvalue weighted by Crippen LogP contribution is -2.29. The van der Waals surface area contributed by atoms with Crippen LogP contribution in [0.1, 0.15) is 29.7 Å².